The predicted octanol–water partition coefficient (Wildman–Crippen LogP) is 1.53. The number of pyridine rings is 1. The van der Waals surface area contributed by atoms with E-state index in [9.17, 15) is 0 Å². The quantitative estimate of drug-likeness (QED) is 0.885. The lowest BCUT2D eigenvalue weighted by Crippen LogP contribution is -2.37. The van der Waals surface area contributed by atoms with Crippen LogP contribution in [0.25, 0.3) is 5.65 Å². The Labute approximate surface area is 113 Å². The topological polar surface area (TPSA) is 53.7 Å². The molecule has 0 radical (unpaired) electrons. The number of aromatic nitrogens is 2. The highest BCUT2D eigenvalue weighted by atomic mass is 79.9. The van der Waals surface area contributed by atoms with Gasteiger partial charge in [0.25, 0.3) is 0 Å². The molecular weight excluding hydrogens is 294 g/mol. The molecule has 3 rings (SSSR count). The summed E-state index contributed by atoms with van der Waals surface area (Å²) in [5, 5.41) is 6.52. The van der Waals surface area contributed by atoms with Crippen molar-refractivity contribution >= 4 is 27.5 Å². The first-order valence-corrected chi connectivity index (χ1v) is 6.68. The molecule has 5 nitrogen and oxygen atoms in total. The van der Waals surface area contributed by atoms with Crippen LogP contribution in [0, 0.1) is 0 Å². The van der Waals surface area contributed by atoms with Crippen LogP contribution in [0.15, 0.2) is 34.0 Å². The van der Waals surface area contributed by atoms with Crippen LogP contribution < -0.4 is 10.6 Å². The second kappa shape index (κ2) is 4.61. The fraction of sp³-hybridized carbons (Fsp3) is 0.333. The highest BCUT2D eigenvalue weighted by Crippen LogP contribution is 2.12. The molecule has 2 aromatic heterocycles. The smallest absolute Gasteiger partial charge is 0.191 e. The average Bonchev–Trinajstić information content (AvgIpc) is 2.92. The zero-order valence-corrected chi connectivity index (χ0v) is 11.6. The van der Waals surface area contributed by atoms with Crippen LogP contribution in [0.2, 0.25) is 0 Å². The number of guanidine groups is 1. The van der Waals surface area contributed by atoms with Gasteiger partial charge in [0.05, 0.1) is 18.8 Å². The van der Waals surface area contributed by atoms with Gasteiger partial charge in [0, 0.05) is 22.9 Å². The summed E-state index contributed by atoms with van der Waals surface area (Å²) in [6.45, 7) is 3.62. The molecule has 0 fully saturated rings. The van der Waals surface area contributed by atoms with Gasteiger partial charge in [-0.05, 0) is 35.0 Å². The summed E-state index contributed by atoms with van der Waals surface area (Å²) < 4.78 is 3.05. The number of nitrogens with zero attached hydrogens (tertiary/aromatic N) is 3. The maximum Gasteiger partial charge on any atom is 0.191 e. The fourth-order valence-electron chi connectivity index (χ4n) is 1.94. The minimum atomic E-state index is 0.421. The summed E-state index contributed by atoms with van der Waals surface area (Å²) in [6, 6.07) is 4.40. The zero-order chi connectivity index (χ0) is 12.5. The van der Waals surface area contributed by atoms with Gasteiger partial charge in [-0.2, -0.15) is 0 Å². The largest absolute Gasteiger partial charge is 0.352 e. The molecule has 0 aromatic carbocycles. The van der Waals surface area contributed by atoms with Crippen LogP contribution in [-0.2, 0) is 6.54 Å². The van der Waals surface area contributed by atoms with Crippen molar-refractivity contribution < 1.29 is 0 Å². The van der Waals surface area contributed by atoms with Crippen LogP contribution in [0.4, 0.5) is 0 Å². The Morgan fingerprint density at radius 3 is 3.17 bits per heavy atom. The lowest BCUT2D eigenvalue weighted by Gasteiger charge is -2.06. The predicted molar refractivity (Wildman–Crippen MR) is 74.6 cm³/mol. The normalized spacial score (nSPS) is 18.8. The van der Waals surface area contributed by atoms with E-state index in [2.05, 4.69) is 43.5 Å². The van der Waals surface area contributed by atoms with E-state index >= 15 is 0 Å². The van der Waals surface area contributed by atoms with Crippen LogP contribution in [-0.4, -0.2) is 27.9 Å². The maximum absolute atomic E-state index is 4.53. The lowest BCUT2D eigenvalue weighted by molar-refractivity contribution is 0.712. The van der Waals surface area contributed by atoms with Crippen molar-refractivity contribution in [1.29, 1.82) is 0 Å². The minimum absolute atomic E-state index is 0.421. The number of halogens is 1. The van der Waals surface area contributed by atoms with Crippen molar-refractivity contribution in [3.8, 4) is 0 Å². The third-order valence-electron chi connectivity index (χ3n) is 2.81. The summed E-state index contributed by atoms with van der Waals surface area (Å²) in [4.78, 5) is 8.88. The molecular formula is C12H14BrN5. The molecule has 1 unspecified atom stereocenters. The van der Waals surface area contributed by atoms with Gasteiger partial charge >= 0.3 is 0 Å². The highest BCUT2D eigenvalue weighted by molar-refractivity contribution is 9.10. The van der Waals surface area contributed by atoms with Gasteiger partial charge in [-0.15, -0.1) is 0 Å². The molecule has 2 aromatic rings. The number of hydrogen-bond donors (Lipinski definition) is 2. The second-order valence-corrected chi connectivity index (χ2v) is 5.35. The van der Waals surface area contributed by atoms with Gasteiger partial charge in [0.2, 0.25) is 0 Å². The van der Waals surface area contributed by atoms with E-state index in [0.29, 0.717) is 12.6 Å². The Hall–Kier alpha value is -1.56. The molecule has 1 aliphatic rings. The molecule has 3 heterocycles. The first kappa shape index (κ1) is 11.5. The Morgan fingerprint density at radius 2 is 2.39 bits per heavy atom. The lowest BCUT2D eigenvalue weighted by atomic mass is 10.4. The van der Waals surface area contributed by atoms with E-state index in [1.807, 2.05) is 28.9 Å². The highest BCUT2D eigenvalue weighted by Gasteiger charge is 2.12. The number of rotatable bonds is 2. The Morgan fingerprint density at radius 1 is 1.50 bits per heavy atom. The third kappa shape index (κ3) is 2.33. The molecule has 18 heavy (non-hydrogen) atoms. The number of nitrogens with one attached hydrogen (secondary N) is 2. The number of fused-ring (bicyclic) bond motifs is 1. The van der Waals surface area contributed by atoms with E-state index in [0.717, 1.165) is 28.3 Å². The van der Waals surface area contributed by atoms with Crippen LogP contribution in [0.1, 0.15) is 12.6 Å². The fourth-order valence-corrected chi connectivity index (χ4v) is 2.29. The van der Waals surface area contributed by atoms with Crippen molar-refractivity contribution in [3.05, 3.63) is 34.7 Å². The Balaban J connectivity index is 1.71. The second-order valence-electron chi connectivity index (χ2n) is 4.43. The third-order valence-corrected chi connectivity index (χ3v) is 3.28. The van der Waals surface area contributed by atoms with Gasteiger partial charge < -0.3 is 15.0 Å². The molecule has 1 atom stereocenters. The van der Waals surface area contributed by atoms with Gasteiger partial charge in [0.1, 0.15) is 5.65 Å². The number of imidazole rings is 1. The summed E-state index contributed by atoms with van der Waals surface area (Å²) in [6.07, 6.45) is 4.02. The Kier molecular flexibility index (Phi) is 2.95. The maximum atomic E-state index is 4.53. The van der Waals surface area contributed by atoms with Crippen molar-refractivity contribution in [2.24, 2.45) is 4.99 Å². The van der Waals surface area contributed by atoms with Crippen molar-refractivity contribution in [2.75, 3.05) is 6.54 Å². The monoisotopic (exact) mass is 307 g/mol. The van der Waals surface area contributed by atoms with Crippen LogP contribution in [0.5, 0.6) is 0 Å². The molecule has 0 saturated heterocycles. The number of hydrogen-bond acceptors (Lipinski definition) is 4. The van der Waals surface area contributed by atoms with E-state index in [1.165, 1.54) is 0 Å². The molecule has 0 amide bonds. The van der Waals surface area contributed by atoms with Crippen LogP contribution >= 0.6 is 15.9 Å². The zero-order valence-electron chi connectivity index (χ0n) is 10.0. The molecule has 1 aliphatic heterocycles. The molecule has 0 spiro atoms. The van der Waals surface area contributed by atoms with E-state index in [1.54, 1.807) is 0 Å². The van der Waals surface area contributed by atoms with E-state index in [-0.39, 0.29) is 0 Å². The van der Waals surface area contributed by atoms with E-state index < -0.39 is 0 Å². The SMILES string of the molecule is CC1CN=C(NCc2cn3cc(Br)ccc3n2)N1. The van der Waals surface area contributed by atoms with Gasteiger partial charge in [-0.1, -0.05) is 0 Å². The van der Waals surface area contributed by atoms with Crippen molar-refractivity contribution in [2.45, 2.75) is 19.5 Å². The van der Waals surface area contributed by atoms with Gasteiger partial charge in [-0.25, -0.2) is 4.98 Å². The molecule has 2 N–H and O–H groups in total. The molecule has 0 bridgehead atoms. The minimum Gasteiger partial charge on any atom is -0.352 e. The van der Waals surface area contributed by atoms with Crippen molar-refractivity contribution in [1.82, 2.24) is 20.0 Å². The molecule has 0 saturated carbocycles. The molecule has 94 valence electrons. The van der Waals surface area contributed by atoms with Crippen LogP contribution in [0.3, 0.4) is 0 Å². The summed E-state index contributed by atoms with van der Waals surface area (Å²) >= 11 is 3.45. The standard InChI is InChI=1S/C12H14BrN5/c1-8-4-14-12(16-8)15-5-10-7-18-6-9(13)2-3-11(18)17-10/h2-3,6-8H,4-5H2,1H3,(H2,14,15,16). The van der Waals surface area contributed by atoms with E-state index in [4.69, 9.17) is 0 Å². The summed E-state index contributed by atoms with van der Waals surface area (Å²) in [5.41, 5.74) is 1.95. The summed E-state index contributed by atoms with van der Waals surface area (Å²) in [5.74, 6) is 0.862. The number of aliphatic imine (C=N–C) groups is 1. The van der Waals surface area contributed by atoms with Gasteiger partial charge in [0.15, 0.2) is 5.96 Å². The first-order valence-electron chi connectivity index (χ1n) is 5.89. The van der Waals surface area contributed by atoms with Crippen molar-refractivity contribution in [3.63, 3.8) is 0 Å². The molecule has 6 heteroatoms. The Bertz CT molecular complexity index is 604. The summed E-state index contributed by atoms with van der Waals surface area (Å²) in [7, 11) is 0. The van der Waals surface area contributed by atoms with Gasteiger partial charge in [-0.3, -0.25) is 4.99 Å². The molecule has 0 aliphatic carbocycles. The average molecular weight is 308 g/mol. The first-order chi connectivity index (χ1) is 8.70.